The van der Waals surface area contributed by atoms with E-state index in [-0.39, 0.29) is 5.54 Å². The minimum atomic E-state index is 0.241. The van der Waals surface area contributed by atoms with Gasteiger partial charge in [-0.1, -0.05) is 19.1 Å². The molecule has 0 bridgehead atoms. The van der Waals surface area contributed by atoms with Crippen molar-refractivity contribution in [2.75, 3.05) is 26.3 Å². The molecule has 0 amide bonds. The van der Waals surface area contributed by atoms with Gasteiger partial charge < -0.3 is 4.74 Å². The van der Waals surface area contributed by atoms with Crippen LogP contribution in [0.3, 0.4) is 0 Å². The van der Waals surface area contributed by atoms with E-state index >= 15 is 0 Å². The summed E-state index contributed by atoms with van der Waals surface area (Å²) in [6, 6.07) is 2.34. The van der Waals surface area contributed by atoms with E-state index in [1.165, 1.54) is 42.8 Å². The van der Waals surface area contributed by atoms with Gasteiger partial charge in [-0.3, -0.25) is 4.90 Å². The molecule has 19 heavy (non-hydrogen) atoms. The minimum absolute atomic E-state index is 0.241. The standard InChI is InChI=1S/C16H23NOS/c1-2-14-12-15(19-13-14)16(6-10-18-11-7-16)17-8-4-3-5-9-17/h2,12-13H,1,3-11H2. The van der Waals surface area contributed by atoms with Crippen LogP contribution < -0.4 is 0 Å². The van der Waals surface area contributed by atoms with Crippen LogP contribution in [0.1, 0.15) is 42.5 Å². The van der Waals surface area contributed by atoms with Gasteiger partial charge >= 0.3 is 0 Å². The van der Waals surface area contributed by atoms with Crippen molar-refractivity contribution in [1.29, 1.82) is 0 Å². The first-order valence-electron chi connectivity index (χ1n) is 7.39. The Labute approximate surface area is 120 Å². The third-order valence-corrected chi connectivity index (χ3v) is 5.74. The summed E-state index contributed by atoms with van der Waals surface area (Å²) in [6.45, 7) is 8.20. The van der Waals surface area contributed by atoms with E-state index in [9.17, 15) is 0 Å². The van der Waals surface area contributed by atoms with Crippen molar-refractivity contribution >= 4 is 17.4 Å². The topological polar surface area (TPSA) is 12.5 Å². The predicted molar refractivity (Wildman–Crippen MR) is 81.6 cm³/mol. The fourth-order valence-corrected chi connectivity index (χ4v) is 4.64. The average molecular weight is 277 g/mol. The van der Waals surface area contributed by atoms with Crippen LogP contribution in [0.2, 0.25) is 0 Å². The summed E-state index contributed by atoms with van der Waals surface area (Å²) >= 11 is 1.90. The maximum atomic E-state index is 5.63. The van der Waals surface area contributed by atoms with Crippen molar-refractivity contribution in [2.45, 2.75) is 37.6 Å². The lowest BCUT2D eigenvalue weighted by Crippen LogP contribution is -2.51. The SMILES string of the molecule is C=Cc1csc(C2(N3CCCCC3)CCOCC2)c1. The molecule has 0 atom stereocenters. The largest absolute Gasteiger partial charge is 0.381 e. The quantitative estimate of drug-likeness (QED) is 0.831. The van der Waals surface area contributed by atoms with Gasteiger partial charge in [0.1, 0.15) is 0 Å². The number of thiophene rings is 1. The summed E-state index contributed by atoms with van der Waals surface area (Å²) in [7, 11) is 0. The van der Waals surface area contributed by atoms with Crippen LogP contribution in [-0.4, -0.2) is 31.2 Å². The second kappa shape index (κ2) is 5.78. The Morgan fingerprint density at radius 1 is 1.21 bits per heavy atom. The lowest BCUT2D eigenvalue weighted by atomic mass is 9.84. The average Bonchev–Trinajstić information content (AvgIpc) is 2.98. The highest BCUT2D eigenvalue weighted by Crippen LogP contribution is 2.42. The lowest BCUT2D eigenvalue weighted by molar-refractivity contribution is -0.0382. The van der Waals surface area contributed by atoms with Crippen molar-refractivity contribution in [3.63, 3.8) is 0 Å². The Balaban J connectivity index is 1.92. The first-order chi connectivity index (χ1) is 9.35. The molecule has 3 rings (SSSR count). The van der Waals surface area contributed by atoms with Crippen molar-refractivity contribution in [1.82, 2.24) is 4.90 Å². The zero-order valence-corrected chi connectivity index (χ0v) is 12.4. The summed E-state index contributed by atoms with van der Waals surface area (Å²) < 4.78 is 5.63. The Bertz CT molecular complexity index is 428. The highest BCUT2D eigenvalue weighted by Gasteiger charge is 2.41. The first-order valence-corrected chi connectivity index (χ1v) is 8.27. The van der Waals surface area contributed by atoms with Crippen LogP contribution in [-0.2, 0) is 10.3 Å². The van der Waals surface area contributed by atoms with E-state index in [0.29, 0.717) is 0 Å². The van der Waals surface area contributed by atoms with Crippen molar-refractivity contribution < 1.29 is 4.74 Å². The second-order valence-electron chi connectivity index (χ2n) is 5.64. The van der Waals surface area contributed by atoms with Crippen LogP contribution in [0, 0.1) is 0 Å². The van der Waals surface area contributed by atoms with Crippen LogP contribution in [0.25, 0.3) is 6.08 Å². The first kappa shape index (κ1) is 13.3. The van der Waals surface area contributed by atoms with Crippen molar-refractivity contribution in [3.05, 3.63) is 28.5 Å². The van der Waals surface area contributed by atoms with Gasteiger partial charge in [0.05, 0.1) is 5.54 Å². The van der Waals surface area contributed by atoms with Gasteiger partial charge in [0.25, 0.3) is 0 Å². The monoisotopic (exact) mass is 277 g/mol. The molecule has 2 fully saturated rings. The number of nitrogens with zero attached hydrogens (tertiary/aromatic N) is 1. The van der Waals surface area contributed by atoms with Gasteiger partial charge in [-0.05, 0) is 55.8 Å². The molecule has 0 unspecified atom stereocenters. The highest BCUT2D eigenvalue weighted by molar-refractivity contribution is 7.10. The summed E-state index contributed by atoms with van der Waals surface area (Å²) in [4.78, 5) is 4.25. The maximum Gasteiger partial charge on any atom is 0.0597 e. The third kappa shape index (κ3) is 2.51. The third-order valence-electron chi connectivity index (χ3n) is 4.60. The molecule has 0 aromatic carbocycles. The number of ether oxygens (including phenoxy) is 1. The van der Waals surface area contributed by atoms with E-state index in [1.54, 1.807) is 0 Å². The van der Waals surface area contributed by atoms with Crippen molar-refractivity contribution in [2.24, 2.45) is 0 Å². The summed E-state index contributed by atoms with van der Waals surface area (Å²) in [6.07, 6.45) is 8.34. The smallest absolute Gasteiger partial charge is 0.0597 e. The Morgan fingerprint density at radius 2 is 1.95 bits per heavy atom. The normalized spacial score (nSPS) is 24.2. The maximum absolute atomic E-state index is 5.63. The van der Waals surface area contributed by atoms with E-state index in [4.69, 9.17) is 4.74 Å². The number of piperidine rings is 1. The van der Waals surface area contributed by atoms with Gasteiger partial charge in [-0.2, -0.15) is 0 Å². The van der Waals surface area contributed by atoms with E-state index in [1.807, 2.05) is 17.4 Å². The zero-order chi connectivity index (χ0) is 13.1. The van der Waals surface area contributed by atoms with Crippen molar-refractivity contribution in [3.8, 4) is 0 Å². The zero-order valence-electron chi connectivity index (χ0n) is 11.6. The van der Waals surface area contributed by atoms with Crippen LogP contribution >= 0.6 is 11.3 Å². The Morgan fingerprint density at radius 3 is 2.58 bits per heavy atom. The molecular weight excluding hydrogens is 254 g/mol. The van der Waals surface area contributed by atoms with E-state index in [2.05, 4.69) is 22.9 Å². The lowest BCUT2D eigenvalue weighted by Gasteiger charge is -2.47. The number of rotatable bonds is 3. The summed E-state index contributed by atoms with van der Waals surface area (Å²) in [5.74, 6) is 0. The van der Waals surface area contributed by atoms with E-state index in [0.717, 1.165) is 26.1 Å². The van der Waals surface area contributed by atoms with Crippen LogP contribution in [0.5, 0.6) is 0 Å². The molecule has 2 aliphatic rings. The predicted octanol–water partition coefficient (Wildman–Crippen LogP) is 3.88. The molecule has 0 aliphatic carbocycles. The fraction of sp³-hybridized carbons (Fsp3) is 0.625. The number of hydrogen-bond donors (Lipinski definition) is 0. The van der Waals surface area contributed by atoms with Gasteiger partial charge in [0, 0.05) is 18.1 Å². The highest BCUT2D eigenvalue weighted by atomic mass is 32.1. The molecule has 0 saturated carbocycles. The fourth-order valence-electron chi connectivity index (χ4n) is 3.45. The van der Waals surface area contributed by atoms with Gasteiger partial charge in [0.2, 0.25) is 0 Å². The molecule has 2 saturated heterocycles. The van der Waals surface area contributed by atoms with E-state index < -0.39 is 0 Å². The molecule has 104 valence electrons. The molecule has 2 nitrogen and oxygen atoms in total. The molecule has 3 heterocycles. The van der Waals surface area contributed by atoms with Gasteiger partial charge in [-0.25, -0.2) is 0 Å². The molecule has 0 spiro atoms. The molecule has 0 N–H and O–H groups in total. The second-order valence-corrected chi connectivity index (χ2v) is 6.55. The Hall–Kier alpha value is -0.640. The van der Waals surface area contributed by atoms with Crippen LogP contribution in [0.4, 0.5) is 0 Å². The number of hydrogen-bond acceptors (Lipinski definition) is 3. The van der Waals surface area contributed by atoms with Crippen LogP contribution in [0.15, 0.2) is 18.0 Å². The molecule has 2 aliphatic heterocycles. The molecule has 1 aromatic heterocycles. The Kier molecular flexibility index (Phi) is 4.06. The molecular formula is C16H23NOS. The van der Waals surface area contributed by atoms with Gasteiger partial charge in [0.15, 0.2) is 0 Å². The van der Waals surface area contributed by atoms with Gasteiger partial charge in [-0.15, -0.1) is 11.3 Å². The molecule has 3 heteroatoms. The molecule has 1 aromatic rings. The number of likely N-dealkylation sites (tertiary alicyclic amines) is 1. The summed E-state index contributed by atoms with van der Waals surface area (Å²) in [5.41, 5.74) is 1.51. The summed E-state index contributed by atoms with van der Waals surface area (Å²) in [5, 5.41) is 2.24. The molecule has 0 radical (unpaired) electrons. The minimum Gasteiger partial charge on any atom is -0.381 e.